The van der Waals surface area contributed by atoms with Gasteiger partial charge in [-0.1, -0.05) is 12.1 Å². The minimum atomic E-state index is -4.37. The second-order valence-corrected chi connectivity index (χ2v) is 6.39. The molecule has 2 N–H and O–H groups in total. The molecule has 0 atom stereocenters. The summed E-state index contributed by atoms with van der Waals surface area (Å²) in [5, 5.41) is 6.19. The molecule has 5 nitrogen and oxygen atoms in total. The first-order valence-electron chi connectivity index (χ1n) is 8.68. The quantitative estimate of drug-likeness (QED) is 0.397. The van der Waals surface area contributed by atoms with Gasteiger partial charge in [-0.3, -0.25) is 4.99 Å². The molecule has 1 fully saturated rings. The summed E-state index contributed by atoms with van der Waals surface area (Å²) in [4.78, 5) is 4.10. The third-order valence-electron chi connectivity index (χ3n) is 3.87. The third-order valence-corrected chi connectivity index (χ3v) is 3.87. The number of benzene rings is 1. The van der Waals surface area contributed by atoms with Crippen LogP contribution in [0.4, 0.5) is 13.2 Å². The standard InChI is InChI=1S/C18H26F3N3O2/c1-13-3-6-15(16(9-13)26-12-18(19,20)21)10-24-17(22-2)23-7-8-25-11-14-4-5-14/h3,6,9,14H,4-5,7-8,10-12H2,1-2H3,(H2,22,23,24). The Morgan fingerprint density at radius 3 is 2.69 bits per heavy atom. The number of nitrogens with one attached hydrogen (secondary N) is 2. The molecule has 146 valence electrons. The van der Waals surface area contributed by atoms with Crippen LogP contribution in [0.3, 0.4) is 0 Å². The summed E-state index contributed by atoms with van der Waals surface area (Å²) in [5.41, 5.74) is 1.47. The Morgan fingerprint density at radius 2 is 2.04 bits per heavy atom. The van der Waals surface area contributed by atoms with E-state index < -0.39 is 12.8 Å². The summed E-state index contributed by atoms with van der Waals surface area (Å²) < 4.78 is 47.7. The van der Waals surface area contributed by atoms with Crippen molar-refractivity contribution in [2.45, 2.75) is 32.5 Å². The number of ether oxygens (including phenoxy) is 2. The second kappa shape index (κ2) is 9.66. The summed E-state index contributed by atoms with van der Waals surface area (Å²) >= 11 is 0. The highest BCUT2D eigenvalue weighted by Gasteiger charge is 2.28. The van der Waals surface area contributed by atoms with Crippen LogP contribution in [0.15, 0.2) is 23.2 Å². The van der Waals surface area contributed by atoms with Crippen LogP contribution in [0, 0.1) is 12.8 Å². The molecule has 0 radical (unpaired) electrons. The van der Waals surface area contributed by atoms with Crippen LogP contribution >= 0.6 is 0 Å². The van der Waals surface area contributed by atoms with Crippen molar-refractivity contribution < 1.29 is 22.6 Å². The number of hydrogen-bond acceptors (Lipinski definition) is 3. The van der Waals surface area contributed by atoms with Crippen LogP contribution < -0.4 is 15.4 Å². The van der Waals surface area contributed by atoms with E-state index in [0.29, 0.717) is 31.2 Å². The van der Waals surface area contributed by atoms with Gasteiger partial charge in [0, 0.05) is 32.3 Å². The highest BCUT2D eigenvalue weighted by Crippen LogP contribution is 2.28. The lowest BCUT2D eigenvalue weighted by molar-refractivity contribution is -0.153. The lowest BCUT2D eigenvalue weighted by Crippen LogP contribution is -2.38. The topological polar surface area (TPSA) is 54.9 Å². The molecule has 0 amide bonds. The van der Waals surface area contributed by atoms with Crippen molar-refractivity contribution in [3.05, 3.63) is 29.3 Å². The predicted molar refractivity (Wildman–Crippen MR) is 94.5 cm³/mol. The number of hydrogen-bond donors (Lipinski definition) is 2. The van der Waals surface area contributed by atoms with Gasteiger partial charge in [0.2, 0.25) is 0 Å². The Balaban J connectivity index is 1.79. The van der Waals surface area contributed by atoms with Gasteiger partial charge in [-0.2, -0.15) is 13.2 Å². The largest absolute Gasteiger partial charge is 0.484 e. The molecule has 1 aliphatic carbocycles. The lowest BCUT2D eigenvalue weighted by Gasteiger charge is -2.16. The molecule has 1 saturated carbocycles. The van der Waals surface area contributed by atoms with Crippen LogP contribution in [0.2, 0.25) is 0 Å². The van der Waals surface area contributed by atoms with Crippen molar-refractivity contribution in [3.8, 4) is 5.75 Å². The van der Waals surface area contributed by atoms with Gasteiger partial charge in [-0.05, 0) is 37.3 Å². The second-order valence-electron chi connectivity index (χ2n) is 6.39. The SMILES string of the molecule is CN=C(NCCOCC1CC1)NCc1ccc(C)cc1OCC(F)(F)F. The first-order chi connectivity index (χ1) is 12.4. The number of aliphatic imine (C=N–C) groups is 1. The first kappa shape index (κ1) is 20.4. The summed E-state index contributed by atoms with van der Waals surface area (Å²) in [5.74, 6) is 1.50. The van der Waals surface area contributed by atoms with E-state index >= 15 is 0 Å². The average Bonchev–Trinajstić information content (AvgIpc) is 3.40. The van der Waals surface area contributed by atoms with Gasteiger partial charge in [0.15, 0.2) is 12.6 Å². The maximum Gasteiger partial charge on any atom is 0.422 e. The van der Waals surface area contributed by atoms with Gasteiger partial charge in [-0.15, -0.1) is 0 Å². The lowest BCUT2D eigenvalue weighted by atomic mass is 10.1. The van der Waals surface area contributed by atoms with Crippen LogP contribution in [-0.2, 0) is 11.3 Å². The molecular formula is C18H26F3N3O2. The maximum absolute atomic E-state index is 12.4. The Labute approximate surface area is 152 Å². The third kappa shape index (κ3) is 7.95. The molecule has 0 unspecified atom stereocenters. The highest BCUT2D eigenvalue weighted by molar-refractivity contribution is 5.79. The maximum atomic E-state index is 12.4. The molecule has 0 saturated heterocycles. The highest BCUT2D eigenvalue weighted by atomic mass is 19.4. The normalized spacial score (nSPS) is 15.0. The molecule has 2 rings (SSSR count). The van der Waals surface area contributed by atoms with Gasteiger partial charge in [0.05, 0.1) is 6.61 Å². The Morgan fingerprint density at radius 1 is 1.27 bits per heavy atom. The number of alkyl halides is 3. The van der Waals surface area contributed by atoms with Crippen LogP contribution in [0.25, 0.3) is 0 Å². The monoisotopic (exact) mass is 373 g/mol. The van der Waals surface area contributed by atoms with Gasteiger partial charge in [0.1, 0.15) is 5.75 Å². The molecule has 26 heavy (non-hydrogen) atoms. The Kier molecular flexibility index (Phi) is 7.56. The molecule has 1 aliphatic rings. The zero-order chi connectivity index (χ0) is 19.0. The first-order valence-corrected chi connectivity index (χ1v) is 8.68. The zero-order valence-corrected chi connectivity index (χ0v) is 15.2. The van der Waals surface area contributed by atoms with Crippen molar-refractivity contribution in [2.24, 2.45) is 10.9 Å². The van der Waals surface area contributed by atoms with E-state index in [9.17, 15) is 13.2 Å². The van der Waals surface area contributed by atoms with Gasteiger partial charge < -0.3 is 20.1 Å². The minimum Gasteiger partial charge on any atom is -0.484 e. The smallest absolute Gasteiger partial charge is 0.422 e. The van der Waals surface area contributed by atoms with Gasteiger partial charge in [0.25, 0.3) is 0 Å². The van der Waals surface area contributed by atoms with E-state index in [2.05, 4.69) is 15.6 Å². The van der Waals surface area contributed by atoms with E-state index in [4.69, 9.17) is 9.47 Å². The molecule has 0 aliphatic heterocycles. The molecule has 1 aromatic carbocycles. The molecule has 0 bridgehead atoms. The molecule has 0 aromatic heterocycles. The molecule has 8 heteroatoms. The fraction of sp³-hybridized carbons (Fsp3) is 0.611. The van der Waals surface area contributed by atoms with Crippen LogP contribution in [0.5, 0.6) is 5.75 Å². The summed E-state index contributed by atoms with van der Waals surface area (Å²) in [6, 6.07) is 5.18. The van der Waals surface area contributed by atoms with E-state index in [1.807, 2.05) is 6.07 Å². The van der Waals surface area contributed by atoms with Gasteiger partial charge in [-0.25, -0.2) is 0 Å². The zero-order valence-electron chi connectivity index (χ0n) is 15.2. The van der Waals surface area contributed by atoms with Crippen molar-refractivity contribution in [2.75, 3.05) is 33.4 Å². The van der Waals surface area contributed by atoms with E-state index in [1.165, 1.54) is 12.8 Å². The fourth-order valence-corrected chi connectivity index (χ4v) is 2.28. The molecule has 0 heterocycles. The minimum absolute atomic E-state index is 0.220. The van der Waals surface area contributed by atoms with Crippen molar-refractivity contribution in [3.63, 3.8) is 0 Å². The molecule has 1 aromatic rings. The average molecular weight is 373 g/mol. The summed E-state index contributed by atoms with van der Waals surface area (Å²) in [6.45, 7) is 2.79. The number of nitrogens with zero attached hydrogens (tertiary/aromatic N) is 1. The van der Waals surface area contributed by atoms with Gasteiger partial charge >= 0.3 is 6.18 Å². The molecule has 0 spiro atoms. The number of aryl methyl sites for hydroxylation is 1. The summed E-state index contributed by atoms with van der Waals surface area (Å²) in [7, 11) is 1.64. The fourth-order valence-electron chi connectivity index (χ4n) is 2.28. The Hall–Kier alpha value is -1.96. The van der Waals surface area contributed by atoms with Crippen molar-refractivity contribution in [1.82, 2.24) is 10.6 Å². The molecular weight excluding hydrogens is 347 g/mol. The number of rotatable bonds is 9. The van der Waals surface area contributed by atoms with Crippen molar-refractivity contribution in [1.29, 1.82) is 0 Å². The van der Waals surface area contributed by atoms with E-state index in [0.717, 1.165) is 18.1 Å². The summed E-state index contributed by atoms with van der Waals surface area (Å²) in [6.07, 6.45) is -1.86. The van der Waals surface area contributed by atoms with E-state index in [-0.39, 0.29) is 5.75 Å². The van der Waals surface area contributed by atoms with Crippen LogP contribution in [-0.4, -0.2) is 45.5 Å². The van der Waals surface area contributed by atoms with Crippen LogP contribution in [0.1, 0.15) is 24.0 Å². The number of halogens is 3. The Bertz CT molecular complexity index is 602. The predicted octanol–water partition coefficient (Wildman–Crippen LogP) is 3.03. The van der Waals surface area contributed by atoms with E-state index in [1.54, 1.807) is 26.1 Å². The van der Waals surface area contributed by atoms with Crippen molar-refractivity contribution >= 4 is 5.96 Å². The number of guanidine groups is 1.